The maximum atomic E-state index is 13.4. The van der Waals surface area contributed by atoms with E-state index in [1.54, 1.807) is 28.6 Å². The molecule has 2 aliphatic heterocycles. The van der Waals surface area contributed by atoms with Crippen molar-refractivity contribution in [3.63, 3.8) is 0 Å². The summed E-state index contributed by atoms with van der Waals surface area (Å²) < 4.78 is 14.9. The minimum Gasteiger partial charge on any atom is -0.356 e. The highest BCUT2D eigenvalue weighted by atomic mass is 19.1. The predicted molar refractivity (Wildman–Crippen MR) is 161 cm³/mol. The number of hydrogen-bond donors (Lipinski definition) is 2. The number of aryl methyl sites for hydroxylation is 1. The maximum Gasteiger partial charge on any atom is 0.298 e. The third kappa shape index (κ3) is 5.58. The number of anilines is 2. The number of halogens is 1. The summed E-state index contributed by atoms with van der Waals surface area (Å²) in [6.07, 6.45) is 1.07. The van der Waals surface area contributed by atoms with E-state index < -0.39 is 23.6 Å². The van der Waals surface area contributed by atoms with Crippen molar-refractivity contribution >= 4 is 41.6 Å². The van der Waals surface area contributed by atoms with Gasteiger partial charge < -0.3 is 25.0 Å². The first kappa shape index (κ1) is 28.5. The number of ketones is 1. The van der Waals surface area contributed by atoms with E-state index in [0.717, 1.165) is 28.7 Å². The summed E-state index contributed by atoms with van der Waals surface area (Å²) in [7, 11) is 1.77. The number of benzene rings is 2. The first-order valence-electron chi connectivity index (χ1n) is 13.5. The second kappa shape index (κ2) is 11.8. The fraction of sp³-hybridized carbons (Fsp3) is 0.258. The molecule has 1 unspecified atom stereocenters. The average Bonchev–Trinajstić information content (AvgIpc) is 3.21. The second-order valence-electron chi connectivity index (χ2n) is 10.3. The maximum absolute atomic E-state index is 13.4. The number of fused-ring (bicyclic) bond motifs is 3. The normalized spacial score (nSPS) is 17.1. The van der Waals surface area contributed by atoms with Gasteiger partial charge in [0.05, 0.1) is 12.7 Å². The standard InChI is InChI=1S/C31H32FN7O3/c1-19(32)16-35-31(33-3)38-12-13-39-25-11-10-23(15-22(25)17-34-29(41)26(39)18-38)36-30(42)28(40)27-24(14-20(2)37(27)4)21-8-6-5-7-9-21/h5-11,14-16,26H,3,12-13,17-18H2,1-2,4H3,(H,34,41)(H,36,42)/b19-16+,35-31?. The first-order valence-corrected chi connectivity index (χ1v) is 13.5. The molecule has 0 radical (unpaired) electrons. The number of rotatable bonds is 5. The molecule has 10 nitrogen and oxygen atoms in total. The summed E-state index contributed by atoms with van der Waals surface area (Å²) in [6.45, 7) is 8.22. The first-order chi connectivity index (χ1) is 20.2. The molecule has 2 aliphatic rings. The fourth-order valence-corrected chi connectivity index (χ4v) is 5.37. The molecule has 3 aromatic rings. The molecule has 42 heavy (non-hydrogen) atoms. The van der Waals surface area contributed by atoms with Crippen molar-refractivity contribution in [2.45, 2.75) is 26.4 Å². The van der Waals surface area contributed by atoms with Gasteiger partial charge in [-0.3, -0.25) is 14.4 Å². The van der Waals surface area contributed by atoms with Crippen molar-refractivity contribution in [3.8, 4) is 11.1 Å². The van der Waals surface area contributed by atoms with E-state index in [0.29, 0.717) is 30.0 Å². The quantitative estimate of drug-likeness (QED) is 0.210. The minimum absolute atomic E-state index is 0.176. The molecule has 1 atom stereocenters. The number of amides is 2. The summed E-state index contributed by atoms with van der Waals surface area (Å²) >= 11 is 0. The number of aliphatic imine (C=N–C) groups is 2. The summed E-state index contributed by atoms with van der Waals surface area (Å²) in [6, 6.07) is 16.2. The third-order valence-corrected chi connectivity index (χ3v) is 7.54. The smallest absolute Gasteiger partial charge is 0.298 e. The Morgan fingerprint density at radius 3 is 2.62 bits per heavy atom. The molecule has 216 valence electrons. The number of piperazine rings is 1. The zero-order chi connectivity index (χ0) is 30.0. The van der Waals surface area contributed by atoms with Crippen LogP contribution in [0, 0.1) is 6.92 Å². The third-order valence-electron chi connectivity index (χ3n) is 7.54. The van der Waals surface area contributed by atoms with Crippen LogP contribution in [0.1, 0.15) is 28.7 Å². The van der Waals surface area contributed by atoms with Crippen LogP contribution in [0.15, 0.2) is 76.6 Å². The van der Waals surface area contributed by atoms with Gasteiger partial charge in [-0.2, -0.15) is 0 Å². The van der Waals surface area contributed by atoms with Gasteiger partial charge in [0.15, 0.2) is 0 Å². The molecule has 5 rings (SSSR count). The Balaban J connectivity index is 1.36. The lowest BCUT2D eigenvalue weighted by atomic mass is 10.0. The average molecular weight is 570 g/mol. The highest BCUT2D eigenvalue weighted by Gasteiger charge is 2.36. The van der Waals surface area contributed by atoms with Gasteiger partial charge in [0.1, 0.15) is 17.6 Å². The number of carbonyl (C=O) groups excluding carboxylic acids is 3. The van der Waals surface area contributed by atoms with Crippen molar-refractivity contribution in [3.05, 3.63) is 83.6 Å². The predicted octanol–water partition coefficient (Wildman–Crippen LogP) is 3.83. The molecule has 3 heterocycles. The SMILES string of the molecule is C=NC(=N/C=C(\C)F)N1CCN2c3ccc(NC(=O)C(=O)c4c(-c5ccccc5)cc(C)n4C)cc3CNC(=O)C2C1. The molecule has 2 N–H and O–H groups in total. The van der Waals surface area contributed by atoms with Gasteiger partial charge in [0.25, 0.3) is 11.7 Å². The minimum atomic E-state index is -0.751. The zero-order valence-corrected chi connectivity index (χ0v) is 23.7. The number of carbonyl (C=O) groups is 3. The second-order valence-corrected chi connectivity index (χ2v) is 10.3. The van der Waals surface area contributed by atoms with Gasteiger partial charge >= 0.3 is 0 Å². The van der Waals surface area contributed by atoms with E-state index in [2.05, 4.69) is 27.3 Å². The number of guanidine groups is 1. The molecule has 1 saturated heterocycles. The van der Waals surface area contributed by atoms with Crippen LogP contribution >= 0.6 is 0 Å². The Bertz CT molecular complexity index is 1620. The van der Waals surface area contributed by atoms with Crippen LogP contribution in [0.5, 0.6) is 0 Å². The number of hydrogen-bond acceptors (Lipinski definition) is 5. The summed E-state index contributed by atoms with van der Waals surface area (Å²) in [5.41, 5.74) is 4.81. The number of Topliss-reactive ketones (excluding diaryl/α,β-unsaturated/α-hetero) is 1. The van der Waals surface area contributed by atoms with Crippen molar-refractivity contribution < 1.29 is 18.8 Å². The Morgan fingerprint density at radius 2 is 1.90 bits per heavy atom. The van der Waals surface area contributed by atoms with E-state index >= 15 is 0 Å². The number of allylic oxidation sites excluding steroid dienone is 1. The molecule has 0 bridgehead atoms. The van der Waals surface area contributed by atoms with Gasteiger partial charge in [-0.1, -0.05) is 30.3 Å². The Hall–Kier alpha value is -5.06. The highest BCUT2D eigenvalue weighted by molar-refractivity contribution is 6.47. The lowest BCUT2D eigenvalue weighted by Crippen LogP contribution is -2.59. The van der Waals surface area contributed by atoms with E-state index in [9.17, 15) is 18.8 Å². The van der Waals surface area contributed by atoms with Crippen LogP contribution in [0.2, 0.25) is 0 Å². The lowest BCUT2D eigenvalue weighted by Gasteiger charge is -2.41. The summed E-state index contributed by atoms with van der Waals surface area (Å²) in [5.74, 6) is -1.79. The van der Waals surface area contributed by atoms with Gasteiger partial charge in [-0.15, -0.1) is 0 Å². The van der Waals surface area contributed by atoms with E-state index in [4.69, 9.17) is 0 Å². The van der Waals surface area contributed by atoms with E-state index in [1.807, 2.05) is 54.3 Å². The van der Waals surface area contributed by atoms with Gasteiger partial charge in [-0.05, 0) is 56.0 Å². The Labute approximate surface area is 243 Å². The van der Waals surface area contributed by atoms with E-state index in [1.165, 1.54) is 6.92 Å². The van der Waals surface area contributed by atoms with E-state index in [-0.39, 0.29) is 25.0 Å². The highest BCUT2D eigenvalue weighted by Crippen LogP contribution is 2.31. The van der Waals surface area contributed by atoms with Gasteiger partial charge in [-0.25, -0.2) is 14.4 Å². The summed E-state index contributed by atoms with van der Waals surface area (Å²) in [4.78, 5) is 51.4. The van der Waals surface area contributed by atoms with Crippen LogP contribution in [-0.4, -0.2) is 65.4 Å². The van der Waals surface area contributed by atoms with Crippen LogP contribution in [-0.2, 0) is 23.2 Å². The number of aromatic nitrogens is 1. The molecule has 11 heteroatoms. The van der Waals surface area contributed by atoms with Gasteiger partial charge in [0, 0.05) is 49.3 Å². The van der Waals surface area contributed by atoms with Gasteiger partial charge in [0.2, 0.25) is 11.9 Å². The Kier molecular flexibility index (Phi) is 8.01. The molecule has 1 aromatic heterocycles. The Morgan fingerprint density at radius 1 is 1.14 bits per heavy atom. The van der Waals surface area contributed by atoms with Crippen LogP contribution in [0.3, 0.4) is 0 Å². The number of nitrogens with one attached hydrogen (secondary N) is 2. The molecule has 0 saturated carbocycles. The van der Waals surface area contributed by atoms with Crippen molar-refractivity contribution in [1.82, 2.24) is 14.8 Å². The van der Waals surface area contributed by atoms with Crippen molar-refractivity contribution in [2.75, 3.05) is 29.9 Å². The summed E-state index contributed by atoms with van der Waals surface area (Å²) in [5, 5.41) is 5.69. The molecule has 0 aliphatic carbocycles. The largest absolute Gasteiger partial charge is 0.356 e. The molecular weight excluding hydrogens is 537 g/mol. The molecule has 2 aromatic carbocycles. The van der Waals surface area contributed by atoms with Crippen LogP contribution < -0.4 is 15.5 Å². The monoisotopic (exact) mass is 569 g/mol. The molecule has 1 fully saturated rings. The lowest BCUT2D eigenvalue weighted by molar-refractivity contribution is -0.123. The topological polar surface area (TPSA) is 111 Å². The molecule has 2 amide bonds. The van der Waals surface area contributed by atoms with Crippen molar-refractivity contribution in [1.29, 1.82) is 0 Å². The molecule has 0 spiro atoms. The zero-order valence-electron chi connectivity index (χ0n) is 23.7. The number of nitrogens with zero attached hydrogens (tertiary/aromatic N) is 5. The van der Waals surface area contributed by atoms with Crippen molar-refractivity contribution in [2.24, 2.45) is 17.0 Å². The van der Waals surface area contributed by atoms with Crippen LogP contribution in [0.4, 0.5) is 15.8 Å². The molecular formula is C31H32FN7O3. The van der Waals surface area contributed by atoms with Crippen LogP contribution in [0.25, 0.3) is 11.1 Å². The fourth-order valence-electron chi connectivity index (χ4n) is 5.37.